The van der Waals surface area contributed by atoms with Crippen LogP contribution < -0.4 is 0 Å². The van der Waals surface area contributed by atoms with E-state index in [1.165, 1.54) is 38.9 Å². The van der Waals surface area contributed by atoms with E-state index in [-0.39, 0.29) is 0 Å². The lowest BCUT2D eigenvalue weighted by Gasteiger charge is -2.31. The highest BCUT2D eigenvalue weighted by atomic mass is 79.9. The van der Waals surface area contributed by atoms with Crippen LogP contribution in [0.3, 0.4) is 0 Å². The summed E-state index contributed by atoms with van der Waals surface area (Å²) in [7, 11) is 0. The number of hydrogen-bond acceptors (Lipinski definition) is 1. The Balaban J connectivity index is 2.21. The molecule has 0 radical (unpaired) electrons. The van der Waals surface area contributed by atoms with Crippen LogP contribution >= 0.6 is 15.9 Å². The zero-order valence-electron chi connectivity index (χ0n) is 7.35. The summed E-state index contributed by atoms with van der Waals surface area (Å²) in [6, 6.07) is 0. The molecule has 1 unspecified atom stereocenters. The van der Waals surface area contributed by atoms with Gasteiger partial charge in [-0.15, -0.1) is 0 Å². The van der Waals surface area contributed by atoms with Gasteiger partial charge in [0.05, 0.1) is 0 Å². The fourth-order valence-corrected chi connectivity index (χ4v) is 2.31. The Kier molecular flexibility index (Phi) is 4.46. The summed E-state index contributed by atoms with van der Waals surface area (Å²) in [5.74, 6) is 0.975. The fraction of sp³-hybridized carbons (Fsp3) is 1.00. The molecule has 0 aromatic rings. The molecule has 0 N–H and O–H groups in total. The van der Waals surface area contributed by atoms with Gasteiger partial charge in [-0.2, -0.15) is 0 Å². The van der Waals surface area contributed by atoms with E-state index in [9.17, 15) is 0 Å². The van der Waals surface area contributed by atoms with Crippen LogP contribution in [0, 0.1) is 5.92 Å². The summed E-state index contributed by atoms with van der Waals surface area (Å²) in [5, 5.41) is 1.13. The van der Waals surface area contributed by atoms with Gasteiger partial charge in [0.2, 0.25) is 0 Å². The van der Waals surface area contributed by atoms with Crippen LogP contribution in [-0.4, -0.2) is 29.9 Å². The number of likely N-dealkylation sites (tertiary alicyclic amines) is 1. The second kappa shape index (κ2) is 5.15. The van der Waals surface area contributed by atoms with Gasteiger partial charge >= 0.3 is 0 Å². The summed E-state index contributed by atoms with van der Waals surface area (Å²) >= 11 is 3.49. The first-order valence-corrected chi connectivity index (χ1v) is 5.77. The molecule has 1 atom stereocenters. The molecular formula is C9H18BrN. The zero-order valence-corrected chi connectivity index (χ0v) is 8.94. The second-order valence-electron chi connectivity index (χ2n) is 3.41. The van der Waals surface area contributed by atoms with Gasteiger partial charge in [0.25, 0.3) is 0 Å². The van der Waals surface area contributed by atoms with Crippen molar-refractivity contribution in [1.82, 2.24) is 4.90 Å². The minimum atomic E-state index is 0.975. The maximum Gasteiger partial charge on any atom is 0.0159 e. The summed E-state index contributed by atoms with van der Waals surface area (Å²) in [5.41, 5.74) is 0. The fourth-order valence-electron chi connectivity index (χ4n) is 1.81. The highest BCUT2D eigenvalue weighted by Gasteiger charge is 2.16. The summed E-state index contributed by atoms with van der Waals surface area (Å²) < 4.78 is 0. The van der Waals surface area contributed by atoms with Crippen molar-refractivity contribution in [2.24, 2.45) is 5.92 Å². The van der Waals surface area contributed by atoms with Crippen LogP contribution in [0.2, 0.25) is 0 Å². The number of halogens is 1. The number of alkyl halides is 1. The Morgan fingerprint density at radius 1 is 1.55 bits per heavy atom. The molecule has 0 spiro atoms. The van der Waals surface area contributed by atoms with Crippen LogP contribution in [0.25, 0.3) is 0 Å². The Morgan fingerprint density at radius 3 is 3.00 bits per heavy atom. The Bertz CT molecular complexity index is 104. The van der Waals surface area contributed by atoms with Gasteiger partial charge in [0.1, 0.15) is 0 Å². The van der Waals surface area contributed by atoms with E-state index >= 15 is 0 Å². The first-order valence-electron chi connectivity index (χ1n) is 4.65. The van der Waals surface area contributed by atoms with Crippen molar-refractivity contribution in [3.05, 3.63) is 0 Å². The Hall–Kier alpha value is 0.440. The molecule has 0 aliphatic carbocycles. The predicted molar refractivity (Wildman–Crippen MR) is 53.2 cm³/mol. The van der Waals surface area contributed by atoms with E-state index in [4.69, 9.17) is 0 Å². The van der Waals surface area contributed by atoms with Crippen molar-refractivity contribution in [3.8, 4) is 0 Å². The highest BCUT2D eigenvalue weighted by molar-refractivity contribution is 9.09. The van der Waals surface area contributed by atoms with E-state index in [0.29, 0.717) is 0 Å². The molecule has 0 saturated carbocycles. The van der Waals surface area contributed by atoms with E-state index < -0.39 is 0 Å². The maximum absolute atomic E-state index is 3.49. The summed E-state index contributed by atoms with van der Waals surface area (Å²) in [4.78, 5) is 2.58. The lowest BCUT2D eigenvalue weighted by molar-refractivity contribution is 0.181. The third-order valence-corrected chi connectivity index (χ3v) is 2.94. The van der Waals surface area contributed by atoms with Gasteiger partial charge in [-0.05, 0) is 25.3 Å². The van der Waals surface area contributed by atoms with Crippen LogP contribution in [0.4, 0.5) is 0 Å². The monoisotopic (exact) mass is 219 g/mol. The number of rotatable bonds is 3. The van der Waals surface area contributed by atoms with Crippen LogP contribution in [-0.2, 0) is 0 Å². The summed E-state index contributed by atoms with van der Waals surface area (Å²) in [6.45, 7) is 6.20. The third kappa shape index (κ3) is 3.12. The zero-order chi connectivity index (χ0) is 8.10. The maximum atomic E-state index is 3.49. The molecule has 0 amide bonds. The third-order valence-electron chi connectivity index (χ3n) is 2.58. The SMILES string of the molecule is CCC1CCCN(CCBr)C1. The van der Waals surface area contributed by atoms with Gasteiger partial charge < -0.3 is 4.90 Å². The van der Waals surface area contributed by atoms with Crippen molar-refractivity contribution in [3.63, 3.8) is 0 Å². The molecule has 11 heavy (non-hydrogen) atoms. The topological polar surface area (TPSA) is 3.24 Å². The smallest absolute Gasteiger partial charge is 0.0159 e. The molecule has 1 aliphatic rings. The predicted octanol–water partition coefficient (Wildman–Crippen LogP) is 2.50. The molecule has 1 nitrogen and oxygen atoms in total. The molecule has 1 saturated heterocycles. The average molecular weight is 220 g/mol. The Morgan fingerprint density at radius 2 is 2.36 bits per heavy atom. The largest absolute Gasteiger partial charge is 0.302 e. The lowest BCUT2D eigenvalue weighted by atomic mass is 9.96. The normalized spacial score (nSPS) is 27.3. The molecule has 0 aromatic carbocycles. The molecular weight excluding hydrogens is 202 g/mol. The Labute approximate surface area is 78.3 Å². The van der Waals surface area contributed by atoms with Crippen molar-refractivity contribution >= 4 is 15.9 Å². The molecule has 66 valence electrons. The average Bonchev–Trinajstić information content (AvgIpc) is 2.06. The van der Waals surface area contributed by atoms with Crippen molar-refractivity contribution in [1.29, 1.82) is 0 Å². The van der Waals surface area contributed by atoms with Crippen molar-refractivity contribution < 1.29 is 0 Å². The molecule has 2 heteroatoms. The van der Waals surface area contributed by atoms with Crippen LogP contribution in [0.5, 0.6) is 0 Å². The van der Waals surface area contributed by atoms with E-state index in [2.05, 4.69) is 27.8 Å². The van der Waals surface area contributed by atoms with Gasteiger partial charge in [-0.1, -0.05) is 29.3 Å². The number of nitrogens with zero attached hydrogens (tertiary/aromatic N) is 1. The van der Waals surface area contributed by atoms with E-state index in [1.807, 2.05) is 0 Å². The number of hydrogen-bond donors (Lipinski definition) is 0. The lowest BCUT2D eigenvalue weighted by Crippen LogP contribution is -2.36. The van der Waals surface area contributed by atoms with Crippen molar-refractivity contribution in [2.45, 2.75) is 26.2 Å². The minimum Gasteiger partial charge on any atom is -0.302 e. The minimum absolute atomic E-state index is 0.975. The first-order chi connectivity index (χ1) is 5.36. The summed E-state index contributed by atoms with van der Waals surface area (Å²) in [6.07, 6.45) is 4.22. The van der Waals surface area contributed by atoms with Gasteiger partial charge in [0.15, 0.2) is 0 Å². The molecule has 1 fully saturated rings. The standard InChI is InChI=1S/C9H18BrN/c1-2-9-4-3-6-11(8-9)7-5-10/h9H,2-8H2,1H3. The molecule has 1 rings (SSSR count). The first kappa shape index (κ1) is 9.53. The van der Waals surface area contributed by atoms with Crippen LogP contribution in [0.15, 0.2) is 0 Å². The van der Waals surface area contributed by atoms with Gasteiger partial charge in [-0.25, -0.2) is 0 Å². The van der Waals surface area contributed by atoms with Crippen LogP contribution in [0.1, 0.15) is 26.2 Å². The quantitative estimate of drug-likeness (QED) is 0.660. The number of piperidine rings is 1. The van der Waals surface area contributed by atoms with Gasteiger partial charge in [-0.3, -0.25) is 0 Å². The molecule has 0 bridgehead atoms. The van der Waals surface area contributed by atoms with Gasteiger partial charge in [0, 0.05) is 18.4 Å². The second-order valence-corrected chi connectivity index (χ2v) is 4.20. The van der Waals surface area contributed by atoms with E-state index in [0.717, 1.165) is 11.2 Å². The van der Waals surface area contributed by atoms with E-state index in [1.54, 1.807) is 0 Å². The van der Waals surface area contributed by atoms with Crippen molar-refractivity contribution in [2.75, 3.05) is 25.0 Å². The molecule has 1 aliphatic heterocycles. The highest BCUT2D eigenvalue weighted by Crippen LogP contribution is 2.18. The molecule has 0 aromatic heterocycles. The molecule has 1 heterocycles.